The van der Waals surface area contributed by atoms with Gasteiger partial charge in [-0.25, -0.2) is 0 Å². The van der Waals surface area contributed by atoms with Crippen molar-refractivity contribution in [2.45, 2.75) is 39.2 Å². The molecule has 0 saturated carbocycles. The number of hydrogen-bond acceptors (Lipinski definition) is 2. The number of allylic oxidation sites excluding steroid dienone is 1. The molecule has 3 rings (SSSR count). The van der Waals surface area contributed by atoms with Gasteiger partial charge in [-0.15, -0.1) is 0 Å². The number of pyridine rings is 1. The molecule has 0 unspecified atom stereocenters. The molecule has 0 saturated heterocycles. The monoisotopic (exact) mass is 342 g/mol. The van der Waals surface area contributed by atoms with Gasteiger partial charge in [0.15, 0.2) is 0 Å². The van der Waals surface area contributed by atoms with Crippen molar-refractivity contribution < 1.29 is 0 Å². The molecular formula is C20H23ClN2O. The third-order valence-electron chi connectivity index (χ3n) is 3.77. The zero-order chi connectivity index (χ0) is 17.2. The van der Waals surface area contributed by atoms with E-state index in [-0.39, 0.29) is 5.56 Å². The molecule has 1 aliphatic rings. The zero-order valence-corrected chi connectivity index (χ0v) is 14.7. The molecule has 0 atom stereocenters. The second-order valence-corrected chi connectivity index (χ2v) is 6.10. The Hall–Kier alpha value is -2.13. The van der Waals surface area contributed by atoms with Crippen LogP contribution in [0.15, 0.2) is 64.7 Å². The zero-order valence-electron chi connectivity index (χ0n) is 14.0. The molecule has 0 amide bonds. The van der Waals surface area contributed by atoms with Gasteiger partial charge in [0.2, 0.25) is 0 Å². The lowest BCUT2D eigenvalue weighted by Crippen LogP contribution is -2.19. The van der Waals surface area contributed by atoms with Crippen molar-refractivity contribution in [2.24, 2.45) is 4.99 Å². The number of nitrogens with zero attached hydrogens (tertiary/aromatic N) is 2. The topological polar surface area (TPSA) is 34.4 Å². The molecule has 0 N–H and O–H groups in total. The highest BCUT2D eigenvalue weighted by molar-refractivity contribution is 6.31. The van der Waals surface area contributed by atoms with Crippen molar-refractivity contribution in [3.8, 4) is 0 Å². The van der Waals surface area contributed by atoms with Gasteiger partial charge >= 0.3 is 0 Å². The first-order chi connectivity index (χ1) is 11.7. The Kier molecular flexibility index (Phi) is 7.50. The van der Waals surface area contributed by atoms with Crippen LogP contribution in [0.4, 0.5) is 0 Å². The van der Waals surface area contributed by atoms with Crippen LogP contribution in [0.1, 0.15) is 37.3 Å². The largest absolute Gasteiger partial charge is 0.311 e. The highest BCUT2D eigenvalue weighted by Crippen LogP contribution is 2.15. The van der Waals surface area contributed by atoms with Gasteiger partial charge in [0.25, 0.3) is 5.56 Å². The predicted molar refractivity (Wildman–Crippen MR) is 102 cm³/mol. The van der Waals surface area contributed by atoms with Crippen molar-refractivity contribution in [3.63, 3.8) is 0 Å². The maximum Gasteiger partial charge on any atom is 0.251 e. The number of aryl methyl sites for hydroxylation is 1. The summed E-state index contributed by atoms with van der Waals surface area (Å²) in [6, 6.07) is 11.4. The fraction of sp³-hybridized carbons (Fsp3) is 0.300. The Bertz CT molecular complexity index is 744. The van der Waals surface area contributed by atoms with Gasteiger partial charge in [-0.2, -0.15) is 0 Å². The van der Waals surface area contributed by atoms with Crippen LogP contribution < -0.4 is 5.56 Å². The van der Waals surface area contributed by atoms with E-state index in [2.05, 4.69) is 11.9 Å². The summed E-state index contributed by atoms with van der Waals surface area (Å²) in [5.41, 5.74) is 2.13. The summed E-state index contributed by atoms with van der Waals surface area (Å²) < 4.78 is 1.70. The molecule has 1 aromatic heterocycles. The quantitative estimate of drug-likeness (QED) is 0.690. The minimum atomic E-state index is 0.0407. The van der Waals surface area contributed by atoms with Crippen molar-refractivity contribution >= 4 is 17.8 Å². The van der Waals surface area contributed by atoms with Crippen LogP contribution in [0.2, 0.25) is 5.02 Å². The number of benzene rings is 1. The second kappa shape index (κ2) is 9.89. The molecular weight excluding hydrogens is 320 g/mol. The summed E-state index contributed by atoms with van der Waals surface area (Å²) in [4.78, 5) is 15.7. The number of halogens is 1. The van der Waals surface area contributed by atoms with Gasteiger partial charge in [0, 0.05) is 29.7 Å². The average Bonchev–Trinajstić information content (AvgIpc) is 2.50. The van der Waals surface area contributed by atoms with Crippen molar-refractivity contribution in [1.29, 1.82) is 0 Å². The molecule has 0 fully saturated rings. The summed E-state index contributed by atoms with van der Waals surface area (Å²) in [7, 11) is 0. The van der Waals surface area contributed by atoms with Gasteiger partial charge in [0.1, 0.15) is 0 Å². The van der Waals surface area contributed by atoms with Crippen LogP contribution in [0.3, 0.4) is 0 Å². The third kappa shape index (κ3) is 5.82. The molecule has 0 radical (unpaired) electrons. The molecule has 24 heavy (non-hydrogen) atoms. The van der Waals surface area contributed by atoms with E-state index < -0.39 is 0 Å². The van der Waals surface area contributed by atoms with E-state index in [1.807, 2.05) is 42.6 Å². The minimum absolute atomic E-state index is 0.0407. The Balaban J connectivity index is 0.000000454. The maximum atomic E-state index is 12.1. The van der Waals surface area contributed by atoms with Gasteiger partial charge in [-0.3, -0.25) is 9.79 Å². The summed E-state index contributed by atoms with van der Waals surface area (Å²) in [5, 5.41) is 0.700. The lowest BCUT2D eigenvalue weighted by molar-refractivity contribution is 0.707. The molecule has 0 spiro atoms. The number of aromatic nitrogens is 1. The summed E-state index contributed by atoms with van der Waals surface area (Å²) >= 11 is 6.13. The number of hydrogen-bond donors (Lipinski definition) is 0. The predicted octanol–water partition coefficient (Wildman–Crippen LogP) is 4.87. The first kappa shape index (κ1) is 18.2. The van der Waals surface area contributed by atoms with Crippen LogP contribution in [0, 0.1) is 0 Å². The molecule has 0 aliphatic carbocycles. The molecule has 3 nitrogen and oxygen atoms in total. The molecule has 2 aromatic rings. The van der Waals surface area contributed by atoms with Crippen LogP contribution in [-0.4, -0.2) is 10.8 Å². The molecule has 0 bridgehead atoms. The van der Waals surface area contributed by atoms with Gasteiger partial charge < -0.3 is 4.57 Å². The SMILES string of the molecule is C1=CN=C1.CCCCCc1ccn(Cc2ccccc2Cl)c(=O)c1. The molecule has 4 heteroatoms. The maximum absolute atomic E-state index is 12.1. The molecule has 126 valence electrons. The normalized spacial score (nSPS) is 11.6. The van der Waals surface area contributed by atoms with Crippen molar-refractivity contribution in [1.82, 2.24) is 4.57 Å². The standard InChI is InChI=1S/C17H20ClNO.C3H3N/c1-2-3-4-7-14-10-11-19(17(20)12-14)13-15-8-5-6-9-16(15)18;1-2-4-3-1/h5-6,8-12H,2-4,7,13H2,1H3;1-3H. The highest BCUT2D eigenvalue weighted by Gasteiger charge is 2.03. The van der Waals surface area contributed by atoms with E-state index in [9.17, 15) is 4.79 Å². The first-order valence-electron chi connectivity index (χ1n) is 8.32. The van der Waals surface area contributed by atoms with E-state index in [0.29, 0.717) is 11.6 Å². The smallest absolute Gasteiger partial charge is 0.251 e. The minimum Gasteiger partial charge on any atom is -0.311 e. The summed E-state index contributed by atoms with van der Waals surface area (Å²) in [5.74, 6) is 0. The van der Waals surface area contributed by atoms with E-state index >= 15 is 0 Å². The van der Waals surface area contributed by atoms with E-state index in [0.717, 1.165) is 24.0 Å². The molecule has 1 aromatic carbocycles. The van der Waals surface area contributed by atoms with Gasteiger partial charge in [-0.05, 0) is 42.2 Å². The summed E-state index contributed by atoms with van der Waals surface area (Å²) in [6.07, 6.45) is 11.8. The Labute approximate surface area is 148 Å². The summed E-state index contributed by atoms with van der Waals surface area (Å²) in [6.45, 7) is 2.70. The van der Waals surface area contributed by atoms with Crippen LogP contribution >= 0.6 is 11.6 Å². The van der Waals surface area contributed by atoms with E-state index in [1.165, 1.54) is 12.8 Å². The second-order valence-electron chi connectivity index (χ2n) is 5.69. The molecule has 1 aliphatic heterocycles. The van der Waals surface area contributed by atoms with E-state index in [1.54, 1.807) is 23.0 Å². The highest BCUT2D eigenvalue weighted by atomic mass is 35.5. The number of rotatable bonds is 6. The molecule has 2 heterocycles. The average molecular weight is 343 g/mol. The first-order valence-corrected chi connectivity index (χ1v) is 8.69. The van der Waals surface area contributed by atoms with Crippen LogP contribution in [0.25, 0.3) is 0 Å². The Morgan fingerprint density at radius 3 is 2.46 bits per heavy atom. The van der Waals surface area contributed by atoms with Gasteiger partial charge in [-0.1, -0.05) is 49.6 Å². The third-order valence-corrected chi connectivity index (χ3v) is 4.14. The lowest BCUT2D eigenvalue weighted by atomic mass is 10.1. The fourth-order valence-corrected chi connectivity index (χ4v) is 2.51. The van der Waals surface area contributed by atoms with Crippen LogP contribution in [-0.2, 0) is 13.0 Å². The lowest BCUT2D eigenvalue weighted by Gasteiger charge is -2.08. The van der Waals surface area contributed by atoms with E-state index in [4.69, 9.17) is 11.6 Å². The number of unbranched alkanes of at least 4 members (excludes halogenated alkanes) is 2. The Morgan fingerprint density at radius 2 is 1.88 bits per heavy atom. The van der Waals surface area contributed by atoms with Crippen molar-refractivity contribution in [3.05, 3.63) is 81.4 Å². The Morgan fingerprint density at radius 1 is 1.17 bits per heavy atom. The van der Waals surface area contributed by atoms with Crippen molar-refractivity contribution in [2.75, 3.05) is 0 Å². The van der Waals surface area contributed by atoms with Crippen LogP contribution in [0.5, 0.6) is 0 Å². The van der Waals surface area contributed by atoms with Gasteiger partial charge in [0.05, 0.1) is 6.54 Å². The fourth-order valence-electron chi connectivity index (χ4n) is 2.31. The number of aliphatic imine (C=N–C) groups is 1.